The number of benzene rings is 1. The lowest BCUT2D eigenvalue weighted by atomic mass is 9.95. The summed E-state index contributed by atoms with van der Waals surface area (Å²) in [5.41, 5.74) is 3.43. The van der Waals surface area contributed by atoms with Gasteiger partial charge in [0, 0.05) is 18.3 Å². The van der Waals surface area contributed by atoms with E-state index in [1.54, 1.807) is 6.07 Å². The molecule has 19 heavy (non-hydrogen) atoms. The van der Waals surface area contributed by atoms with E-state index in [-0.39, 0.29) is 11.6 Å². The van der Waals surface area contributed by atoms with Crippen molar-refractivity contribution in [2.75, 3.05) is 6.54 Å². The lowest BCUT2D eigenvalue weighted by Gasteiger charge is -2.17. The Labute approximate surface area is 111 Å². The molecule has 0 unspecified atom stereocenters. The minimum atomic E-state index is -0.0371. The SMILES string of the molecule is C=C(C#N)/N=C/C(=C)c1ccc2c(c1)CCNC2=O. The third-order valence-electron chi connectivity index (χ3n) is 2.91. The third kappa shape index (κ3) is 2.78. The molecule has 0 aliphatic carbocycles. The Morgan fingerprint density at radius 3 is 3.00 bits per heavy atom. The lowest BCUT2D eigenvalue weighted by molar-refractivity contribution is 0.0946. The van der Waals surface area contributed by atoms with Crippen molar-refractivity contribution in [3.63, 3.8) is 0 Å². The lowest BCUT2D eigenvalue weighted by Crippen LogP contribution is -2.31. The number of amides is 1. The van der Waals surface area contributed by atoms with Crippen LogP contribution in [0.1, 0.15) is 21.5 Å². The van der Waals surface area contributed by atoms with Crippen LogP contribution in [0.4, 0.5) is 0 Å². The second-order valence-electron chi connectivity index (χ2n) is 4.22. The van der Waals surface area contributed by atoms with Crippen LogP contribution in [-0.4, -0.2) is 18.7 Å². The summed E-state index contributed by atoms with van der Waals surface area (Å²) >= 11 is 0. The van der Waals surface area contributed by atoms with E-state index in [1.165, 1.54) is 6.21 Å². The maximum atomic E-state index is 11.6. The van der Waals surface area contributed by atoms with Crippen molar-refractivity contribution < 1.29 is 4.79 Å². The van der Waals surface area contributed by atoms with Gasteiger partial charge in [0.2, 0.25) is 0 Å². The van der Waals surface area contributed by atoms with E-state index >= 15 is 0 Å². The van der Waals surface area contributed by atoms with Crippen molar-refractivity contribution in [3.05, 3.63) is 53.7 Å². The minimum Gasteiger partial charge on any atom is -0.352 e. The van der Waals surface area contributed by atoms with Gasteiger partial charge in [-0.2, -0.15) is 5.26 Å². The molecule has 0 bridgehead atoms. The number of nitriles is 1. The molecule has 0 aromatic heterocycles. The van der Waals surface area contributed by atoms with E-state index in [4.69, 9.17) is 5.26 Å². The first kappa shape index (κ1) is 12.8. The van der Waals surface area contributed by atoms with E-state index in [0.29, 0.717) is 17.7 Å². The Morgan fingerprint density at radius 1 is 1.47 bits per heavy atom. The molecule has 4 nitrogen and oxygen atoms in total. The van der Waals surface area contributed by atoms with Gasteiger partial charge in [0.1, 0.15) is 11.8 Å². The zero-order chi connectivity index (χ0) is 13.8. The molecule has 1 aliphatic heterocycles. The van der Waals surface area contributed by atoms with Gasteiger partial charge >= 0.3 is 0 Å². The molecule has 0 saturated heterocycles. The first-order chi connectivity index (χ1) is 9.11. The quantitative estimate of drug-likeness (QED) is 0.660. The van der Waals surface area contributed by atoms with Crippen LogP contribution in [0.25, 0.3) is 5.57 Å². The molecule has 1 amide bonds. The average molecular weight is 251 g/mol. The highest BCUT2D eigenvalue weighted by atomic mass is 16.1. The van der Waals surface area contributed by atoms with Crippen LogP contribution in [0.5, 0.6) is 0 Å². The van der Waals surface area contributed by atoms with Crippen molar-refractivity contribution in [1.29, 1.82) is 5.26 Å². The Bertz CT molecular complexity index is 635. The molecule has 1 aromatic carbocycles. The number of hydrogen-bond donors (Lipinski definition) is 1. The molecule has 1 N–H and O–H groups in total. The Hall–Kier alpha value is -2.67. The highest BCUT2D eigenvalue weighted by Crippen LogP contribution is 2.19. The number of carbonyl (C=O) groups is 1. The van der Waals surface area contributed by atoms with Gasteiger partial charge in [0.25, 0.3) is 5.91 Å². The molecule has 1 heterocycles. The molecule has 4 heteroatoms. The second-order valence-corrected chi connectivity index (χ2v) is 4.22. The largest absolute Gasteiger partial charge is 0.352 e. The number of fused-ring (bicyclic) bond motifs is 1. The number of hydrogen-bond acceptors (Lipinski definition) is 3. The molecular formula is C15H13N3O. The fourth-order valence-corrected chi connectivity index (χ4v) is 1.89. The van der Waals surface area contributed by atoms with Crippen LogP contribution in [0, 0.1) is 11.3 Å². The Morgan fingerprint density at radius 2 is 2.26 bits per heavy atom. The highest BCUT2D eigenvalue weighted by Gasteiger charge is 2.16. The van der Waals surface area contributed by atoms with E-state index < -0.39 is 0 Å². The summed E-state index contributed by atoms with van der Waals surface area (Å²) in [7, 11) is 0. The Kier molecular flexibility index (Phi) is 3.58. The van der Waals surface area contributed by atoms with Crippen LogP contribution >= 0.6 is 0 Å². The van der Waals surface area contributed by atoms with Crippen molar-refractivity contribution in [2.45, 2.75) is 6.42 Å². The first-order valence-corrected chi connectivity index (χ1v) is 5.85. The van der Waals surface area contributed by atoms with Crippen molar-refractivity contribution >= 4 is 17.7 Å². The van der Waals surface area contributed by atoms with Crippen LogP contribution in [0.2, 0.25) is 0 Å². The maximum absolute atomic E-state index is 11.6. The number of carbonyl (C=O) groups excluding carboxylic acids is 1. The molecular weight excluding hydrogens is 238 g/mol. The predicted octanol–water partition coefficient (Wildman–Crippen LogP) is 2.09. The summed E-state index contributed by atoms with van der Waals surface area (Å²) in [6.45, 7) is 8.02. The average Bonchev–Trinajstić information content (AvgIpc) is 2.44. The Balaban J connectivity index is 2.25. The second kappa shape index (κ2) is 5.32. The van der Waals surface area contributed by atoms with Gasteiger partial charge < -0.3 is 5.32 Å². The number of rotatable bonds is 3. The minimum absolute atomic E-state index is 0.0371. The molecule has 0 fully saturated rings. The topological polar surface area (TPSA) is 65.2 Å². The fraction of sp³-hybridized carbons (Fsp3) is 0.133. The van der Waals surface area contributed by atoms with Gasteiger partial charge in [-0.1, -0.05) is 25.3 Å². The summed E-state index contributed by atoms with van der Waals surface area (Å²) in [5.74, 6) is -0.0371. The summed E-state index contributed by atoms with van der Waals surface area (Å²) in [5, 5.41) is 11.4. The van der Waals surface area contributed by atoms with E-state index in [9.17, 15) is 4.79 Å². The van der Waals surface area contributed by atoms with Crippen molar-refractivity contribution in [2.24, 2.45) is 4.99 Å². The van der Waals surface area contributed by atoms with Gasteiger partial charge in [0.15, 0.2) is 0 Å². The number of nitrogens with one attached hydrogen (secondary N) is 1. The summed E-state index contributed by atoms with van der Waals surface area (Å²) < 4.78 is 0. The molecule has 94 valence electrons. The normalized spacial score (nSPS) is 13.5. The molecule has 2 rings (SSSR count). The number of allylic oxidation sites excluding steroid dienone is 2. The van der Waals surface area contributed by atoms with E-state index in [1.807, 2.05) is 18.2 Å². The van der Waals surface area contributed by atoms with Gasteiger partial charge in [-0.25, -0.2) is 4.99 Å². The molecule has 1 aromatic rings. The van der Waals surface area contributed by atoms with Gasteiger partial charge in [-0.05, 0) is 29.2 Å². The van der Waals surface area contributed by atoms with Gasteiger partial charge in [-0.15, -0.1) is 0 Å². The summed E-state index contributed by atoms with van der Waals surface area (Å²) in [6.07, 6.45) is 2.32. The maximum Gasteiger partial charge on any atom is 0.251 e. The van der Waals surface area contributed by atoms with Crippen LogP contribution in [-0.2, 0) is 6.42 Å². The van der Waals surface area contributed by atoms with Crippen molar-refractivity contribution in [1.82, 2.24) is 5.32 Å². The van der Waals surface area contributed by atoms with E-state index in [2.05, 4.69) is 23.5 Å². The molecule has 0 radical (unpaired) electrons. The molecule has 0 saturated carbocycles. The summed E-state index contributed by atoms with van der Waals surface area (Å²) in [4.78, 5) is 15.5. The first-order valence-electron chi connectivity index (χ1n) is 5.85. The zero-order valence-electron chi connectivity index (χ0n) is 10.4. The van der Waals surface area contributed by atoms with Crippen LogP contribution in [0.15, 0.2) is 42.0 Å². The summed E-state index contributed by atoms with van der Waals surface area (Å²) in [6, 6.07) is 7.40. The zero-order valence-corrected chi connectivity index (χ0v) is 10.4. The fourth-order valence-electron chi connectivity index (χ4n) is 1.89. The standard InChI is InChI=1S/C15H13N3O/c1-10(9-18-11(2)8-16)12-3-4-14-13(7-12)5-6-17-15(14)19/h3-4,7,9H,1-2,5-6H2,(H,17,19)/b18-9+. The molecule has 0 atom stereocenters. The monoisotopic (exact) mass is 251 g/mol. The van der Waals surface area contributed by atoms with Crippen LogP contribution in [0.3, 0.4) is 0 Å². The molecule has 1 aliphatic rings. The molecule has 0 spiro atoms. The van der Waals surface area contributed by atoms with Gasteiger partial charge in [-0.3, -0.25) is 4.79 Å². The highest BCUT2D eigenvalue weighted by molar-refractivity contribution is 6.09. The number of nitrogens with zero attached hydrogens (tertiary/aromatic N) is 2. The van der Waals surface area contributed by atoms with Crippen LogP contribution < -0.4 is 5.32 Å². The number of aliphatic imine (C=N–C) groups is 1. The van der Waals surface area contributed by atoms with Crippen molar-refractivity contribution in [3.8, 4) is 6.07 Å². The smallest absolute Gasteiger partial charge is 0.251 e. The van der Waals surface area contributed by atoms with Gasteiger partial charge in [0.05, 0.1) is 0 Å². The van der Waals surface area contributed by atoms with E-state index in [0.717, 1.165) is 17.5 Å². The third-order valence-corrected chi connectivity index (χ3v) is 2.91. The predicted molar refractivity (Wildman–Crippen MR) is 74.8 cm³/mol.